The molecule has 0 unspecified atom stereocenters. The summed E-state index contributed by atoms with van der Waals surface area (Å²) in [5.41, 5.74) is 0. The van der Waals surface area contributed by atoms with Crippen LogP contribution in [-0.4, -0.2) is 21.9 Å². The summed E-state index contributed by atoms with van der Waals surface area (Å²) in [7, 11) is 0. The summed E-state index contributed by atoms with van der Waals surface area (Å²) in [5.74, 6) is 0. The molecule has 36 valence electrons. The van der Waals surface area contributed by atoms with Crippen LogP contribution >= 0.6 is 12.2 Å². The van der Waals surface area contributed by atoms with E-state index in [2.05, 4.69) is 12.2 Å². The summed E-state index contributed by atoms with van der Waals surface area (Å²) in [5, 5.41) is 17.3. The first-order valence-corrected chi connectivity index (χ1v) is 2.04. The molecule has 0 rings (SSSR count). The van der Waals surface area contributed by atoms with Crippen LogP contribution in [0, 0.1) is 0 Å². The Morgan fingerprint density at radius 2 is 2.17 bits per heavy atom. The van der Waals surface area contributed by atoms with Gasteiger partial charge in [-0.05, 0) is 5.37 Å². The predicted molar refractivity (Wildman–Crippen MR) is 26.5 cm³/mol. The third-order valence-electron chi connectivity index (χ3n) is 0.307. The maximum Gasteiger partial charge on any atom is 0.155 e. The Morgan fingerprint density at radius 3 is 2.17 bits per heavy atom. The maximum absolute atomic E-state index is 8.01. The van der Waals surface area contributed by atoms with Crippen LogP contribution in [0.1, 0.15) is 6.42 Å². The van der Waals surface area contributed by atoms with Crippen LogP contribution in [0.5, 0.6) is 0 Å². The summed E-state index contributed by atoms with van der Waals surface area (Å²) in [6, 6.07) is 0. The van der Waals surface area contributed by atoms with E-state index in [0.29, 0.717) is 0 Å². The molecule has 0 aliphatic carbocycles. The molecule has 2 N–H and O–H groups in total. The Bertz CT molecular complexity index is 44.1. The molecule has 0 aliphatic heterocycles. The first-order valence-electron chi connectivity index (χ1n) is 1.57. The van der Waals surface area contributed by atoms with E-state index in [9.17, 15) is 0 Å². The van der Waals surface area contributed by atoms with Gasteiger partial charge < -0.3 is 10.2 Å². The summed E-state index contributed by atoms with van der Waals surface area (Å²) in [6.45, 7) is 0. The van der Waals surface area contributed by atoms with Gasteiger partial charge >= 0.3 is 0 Å². The fourth-order valence-electron chi connectivity index (χ4n) is 0.0861. The molecule has 6 heavy (non-hydrogen) atoms. The summed E-state index contributed by atoms with van der Waals surface area (Å²) in [4.78, 5) is 0. The van der Waals surface area contributed by atoms with Crippen LogP contribution in [-0.2, 0) is 0 Å². The first-order chi connectivity index (χ1) is 2.77. The lowest BCUT2D eigenvalue weighted by atomic mass is 10.5. The van der Waals surface area contributed by atoms with Crippen molar-refractivity contribution in [3.8, 4) is 0 Å². The van der Waals surface area contributed by atoms with E-state index < -0.39 is 6.29 Å². The quantitative estimate of drug-likeness (QED) is 0.374. The van der Waals surface area contributed by atoms with Crippen molar-refractivity contribution in [2.75, 3.05) is 0 Å². The molecule has 0 aromatic carbocycles. The summed E-state index contributed by atoms with van der Waals surface area (Å²) in [6.07, 6.45) is -1.09. The molecule has 0 heterocycles. The molecule has 0 aliphatic rings. The Kier molecular flexibility index (Phi) is 3.21. The van der Waals surface area contributed by atoms with E-state index in [-0.39, 0.29) is 6.42 Å². The molecule has 0 saturated carbocycles. The predicted octanol–water partition coefficient (Wildman–Crippen LogP) is -0.313. The molecule has 0 bridgehead atoms. The lowest BCUT2D eigenvalue weighted by molar-refractivity contribution is -0.0315. The zero-order chi connectivity index (χ0) is 4.99. The van der Waals surface area contributed by atoms with Gasteiger partial charge in [-0.3, -0.25) is 0 Å². The van der Waals surface area contributed by atoms with Crippen molar-refractivity contribution in [1.29, 1.82) is 0 Å². The maximum atomic E-state index is 8.01. The SMILES string of the molecule is OC(O)CC=S. The van der Waals surface area contributed by atoms with E-state index >= 15 is 0 Å². The van der Waals surface area contributed by atoms with Crippen LogP contribution in [0.25, 0.3) is 0 Å². The minimum atomic E-state index is -1.26. The van der Waals surface area contributed by atoms with Gasteiger partial charge in [-0.25, -0.2) is 0 Å². The molecule has 0 atom stereocenters. The second-order valence-corrected chi connectivity index (χ2v) is 1.22. The lowest BCUT2D eigenvalue weighted by Gasteiger charge is -1.91. The Hall–Kier alpha value is 0.01000. The zero-order valence-electron chi connectivity index (χ0n) is 3.16. The molecular weight excluding hydrogens is 100 g/mol. The van der Waals surface area contributed by atoms with Crippen molar-refractivity contribution in [1.82, 2.24) is 0 Å². The topological polar surface area (TPSA) is 40.5 Å². The van der Waals surface area contributed by atoms with Gasteiger partial charge in [0.05, 0.1) is 0 Å². The lowest BCUT2D eigenvalue weighted by Crippen LogP contribution is -2.02. The van der Waals surface area contributed by atoms with E-state index in [1.807, 2.05) is 0 Å². The zero-order valence-corrected chi connectivity index (χ0v) is 3.98. The number of thiocarbonyl (C=S) groups is 1. The average Bonchev–Trinajstić information content (AvgIpc) is 1.35. The molecule has 0 spiro atoms. The van der Waals surface area contributed by atoms with Crippen LogP contribution in [0.2, 0.25) is 0 Å². The van der Waals surface area contributed by atoms with Gasteiger partial charge in [-0.2, -0.15) is 0 Å². The van der Waals surface area contributed by atoms with E-state index in [1.54, 1.807) is 0 Å². The second-order valence-electron chi connectivity index (χ2n) is 0.883. The first kappa shape index (κ1) is 6.01. The van der Waals surface area contributed by atoms with Gasteiger partial charge in [0.2, 0.25) is 0 Å². The highest BCUT2D eigenvalue weighted by atomic mass is 32.1. The number of rotatable bonds is 2. The molecule has 0 fully saturated rings. The van der Waals surface area contributed by atoms with Gasteiger partial charge in [0.25, 0.3) is 0 Å². The van der Waals surface area contributed by atoms with Crippen molar-refractivity contribution in [2.45, 2.75) is 12.7 Å². The minimum absolute atomic E-state index is 0.176. The Balaban J connectivity index is 2.81. The second kappa shape index (κ2) is 3.21. The number of aliphatic hydroxyl groups is 2. The third kappa shape index (κ3) is 4.01. The van der Waals surface area contributed by atoms with E-state index in [4.69, 9.17) is 10.2 Å². The molecule has 0 aromatic heterocycles. The average molecular weight is 106 g/mol. The normalized spacial score (nSPS) is 9.17. The fourth-order valence-corrected chi connectivity index (χ4v) is 0.258. The summed E-state index contributed by atoms with van der Waals surface area (Å²) >= 11 is 4.28. The van der Waals surface area contributed by atoms with Gasteiger partial charge in [-0.1, -0.05) is 12.2 Å². The highest BCUT2D eigenvalue weighted by molar-refractivity contribution is 7.78. The number of aliphatic hydroxyl groups excluding tert-OH is 1. The van der Waals surface area contributed by atoms with Crippen molar-refractivity contribution < 1.29 is 10.2 Å². The highest BCUT2D eigenvalue weighted by Gasteiger charge is 1.87. The van der Waals surface area contributed by atoms with Crippen molar-refractivity contribution >= 4 is 17.6 Å². The van der Waals surface area contributed by atoms with Crippen molar-refractivity contribution in [2.24, 2.45) is 0 Å². The van der Waals surface area contributed by atoms with Crippen LogP contribution in [0.3, 0.4) is 0 Å². The van der Waals surface area contributed by atoms with Crippen LogP contribution < -0.4 is 0 Å². The molecule has 0 amide bonds. The van der Waals surface area contributed by atoms with Crippen LogP contribution in [0.15, 0.2) is 0 Å². The van der Waals surface area contributed by atoms with Gasteiger partial charge in [0, 0.05) is 6.42 Å². The van der Waals surface area contributed by atoms with E-state index in [0.717, 1.165) is 0 Å². The molecule has 0 aromatic rings. The van der Waals surface area contributed by atoms with Crippen molar-refractivity contribution in [3.63, 3.8) is 0 Å². The minimum Gasteiger partial charge on any atom is -0.368 e. The highest BCUT2D eigenvalue weighted by Crippen LogP contribution is 1.77. The monoisotopic (exact) mass is 106 g/mol. The standard InChI is InChI=1S/C3H6O2S/c4-3(5)1-2-6/h2-5H,1H2. The van der Waals surface area contributed by atoms with Gasteiger partial charge in [0.15, 0.2) is 6.29 Å². The van der Waals surface area contributed by atoms with Gasteiger partial charge in [-0.15, -0.1) is 0 Å². The van der Waals surface area contributed by atoms with E-state index in [1.165, 1.54) is 5.37 Å². The Labute approximate surface area is 41.4 Å². The molecule has 0 saturated heterocycles. The van der Waals surface area contributed by atoms with Crippen LogP contribution in [0.4, 0.5) is 0 Å². The molecular formula is C3H6O2S. The number of hydrogen-bond acceptors (Lipinski definition) is 3. The Morgan fingerprint density at radius 1 is 1.67 bits per heavy atom. The van der Waals surface area contributed by atoms with Gasteiger partial charge in [0.1, 0.15) is 0 Å². The number of hydrogen-bond donors (Lipinski definition) is 2. The third-order valence-corrected chi connectivity index (χ3v) is 0.499. The largest absolute Gasteiger partial charge is 0.368 e. The van der Waals surface area contributed by atoms with Crippen molar-refractivity contribution in [3.05, 3.63) is 0 Å². The summed E-state index contributed by atoms with van der Waals surface area (Å²) < 4.78 is 0. The fraction of sp³-hybridized carbons (Fsp3) is 0.667. The molecule has 2 nitrogen and oxygen atoms in total. The smallest absolute Gasteiger partial charge is 0.155 e. The molecule has 3 heteroatoms. The molecule has 0 radical (unpaired) electrons.